The van der Waals surface area contributed by atoms with E-state index in [1.807, 2.05) is 30.9 Å². The number of nitrogens with one attached hydrogen (secondary N) is 1. The summed E-state index contributed by atoms with van der Waals surface area (Å²) in [6.45, 7) is 9.25. The zero-order valence-corrected chi connectivity index (χ0v) is 13.4. The van der Waals surface area contributed by atoms with Gasteiger partial charge in [-0.2, -0.15) is 5.10 Å². The Kier molecular flexibility index (Phi) is 4.47. The predicted molar refractivity (Wildman–Crippen MR) is 83.6 cm³/mol. The van der Waals surface area contributed by atoms with Crippen LogP contribution in [0, 0.1) is 5.82 Å². The average Bonchev–Trinajstić information content (AvgIpc) is 2.77. The molecular formula is C17H24FN3. The predicted octanol–water partition coefficient (Wildman–Crippen LogP) is 3.71. The van der Waals surface area contributed by atoms with E-state index in [4.69, 9.17) is 0 Å². The lowest BCUT2D eigenvalue weighted by atomic mass is 9.89. The summed E-state index contributed by atoms with van der Waals surface area (Å²) in [7, 11) is 1.94. The molecule has 0 fully saturated rings. The molecule has 0 aliphatic rings. The van der Waals surface area contributed by atoms with Gasteiger partial charge in [-0.25, -0.2) is 4.39 Å². The average molecular weight is 289 g/mol. The monoisotopic (exact) mass is 289 g/mol. The molecule has 0 saturated heterocycles. The lowest BCUT2D eigenvalue weighted by molar-refractivity contribution is 0.529. The number of hydrogen-bond acceptors (Lipinski definition) is 2. The first kappa shape index (κ1) is 15.7. The van der Waals surface area contributed by atoms with Gasteiger partial charge in [0.05, 0.1) is 5.69 Å². The molecule has 1 aromatic carbocycles. The lowest BCUT2D eigenvalue weighted by Crippen LogP contribution is -2.21. The zero-order chi connectivity index (χ0) is 15.6. The van der Waals surface area contributed by atoms with E-state index in [-0.39, 0.29) is 17.3 Å². The Morgan fingerprint density at radius 1 is 1.33 bits per heavy atom. The minimum atomic E-state index is -0.196. The minimum Gasteiger partial charge on any atom is -0.306 e. The van der Waals surface area contributed by atoms with E-state index >= 15 is 0 Å². The maximum absolute atomic E-state index is 13.3. The van der Waals surface area contributed by atoms with Crippen LogP contribution in [-0.2, 0) is 19.0 Å². The van der Waals surface area contributed by atoms with Gasteiger partial charge in [-0.05, 0) is 24.6 Å². The third-order valence-electron chi connectivity index (χ3n) is 3.56. The van der Waals surface area contributed by atoms with Crippen molar-refractivity contribution >= 4 is 0 Å². The van der Waals surface area contributed by atoms with Crippen LogP contribution in [0.15, 0.2) is 30.5 Å². The Labute approximate surface area is 126 Å². The van der Waals surface area contributed by atoms with E-state index in [1.54, 1.807) is 12.1 Å². The van der Waals surface area contributed by atoms with E-state index < -0.39 is 0 Å². The van der Waals surface area contributed by atoms with Crippen molar-refractivity contribution < 1.29 is 4.39 Å². The fraction of sp³-hybridized carbons (Fsp3) is 0.471. The van der Waals surface area contributed by atoms with Crippen molar-refractivity contribution in [3.63, 3.8) is 0 Å². The molecule has 0 unspecified atom stereocenters. The van der Waals surface area contributed by atoms with Crippen molar-refractivity contribution in [2.75, 3.05) is 0 Å². The molecule has 1 heterocycles. The van der Waals surface area contributed by atoms with Gasteiger partial charge in [0.15, 0.2) is 0 Å². The molecule has 21 heavy (non-hydrogen) atoms. The summed E-state index contributed by atoms with van der Waals surface area (Å²) in [6, 6.07) is 6.82. The Morgan fingerprint density at radius 2 is 2.05 bits per heavy atom. The highest BCUT2D eigenvalue weighted by atomic mass is 19.1. The van der Waals surface area contributed by atoms with Crippen molar-refractivity contribution in [1.82, 2.24) is 15.1 Å². The third-order valence-corrected chi connectivity index (χ3v) is 3.56. The second-order valence-electron chi connectivity index (χ2n) is 6.58. The number of rotatable bonds is 4. The van der Waals surface area contributed by atoms with E-state index in [0.717, 1.165) is 17.8 Å². The van der Waals surface area contributed by atoms with E-state index in [9.17, 15) is 4.39 Å². The topological polar surface area (TPSA) is 29.9 Å². The normalized spacial score (nSPS) is 13.4. The number of halogens is 1. The Bertz CT molecular complexity index is 611. The van der Waals surface area contributed by atoms with Crippen molar-refractivity contribution in [2.45, 2.75) is 45.7 Å². The summed E-state index contributed by atoms with van der Waals surface area (Å²) < 4.78 is 15.1. The second-order valence-corrected chi connectivity index (χ2v) is 6.58. The minimum absolute atomic E-state index is 0.0143. The molecule has 0 radical (unpaired) electrons. The standard InChI is InChI=1S/C17H24FN3/c1-12(13-7-6-8-15(18)9-13)19-10-14-11-21(5)20-16(14)17(2,3)4/h6-9,11-12,19H,10H2,1-5H3/t12-/m1/s1. The number of aryl methyl sites for hydroxylation is 1. The van der Waals surface area contributed by atoms with E-state index in [2.05, 4.69) is 31.2 Å². The summed E-state index contributed by atoms with van der Waals surface area (Å²) in [6.07, 6.45) is 2.05. The molecule has 4 heteroatoms. The van der Waals surface area contributed by atoms with Crippen LogP contribution >= 0.6 is 0 Å². The van der Waals surface area contributed by atoms with Crippen LogP contribution in [0.2, 0.25) is 0 Å². The summed E-state index contributed by atoms with van der Waals surface area (Å²) in [4.78, 5) is 0. The highest BCUT2D eigenvalue weighted by molar-refractivity contribution is 5.25. The van der Waals surface area contributed by atoms with Crippen molar-refractivity contribution in [3.8, 4) is 0 Å². The van der Waals surface area contributed by atoms with Crippen LogP contribution in [0.3, 0.4) is 0 Å². The molecule has 1 N–H and O–H groups in total. The highest BCUT2D eigenvalue weighted by Gasteiger charge is 2.21. The van der Waals surface area contributed by atoms with Gasteiger partial charge in [0.25, 0.3) is 0 Å². The molecule has 1 aromatic heterocycles. The molecule has 1 atom stereocenters. The third kappa shape index (κ3) is 3.91. The first-order chi connectivity index (χ1) is 9.77. The van der Waals surface area contributed by atoms with Gasteiger partial charge >= 0.3 is 0 Å². The summed E-state index contributed by atoms with van der Waals surface area (Å²) >= 11 is 0. The molecule has 114 valence electrons. The Balaban J connectivity index is 2.10. The summed E-state index contributed by atoms with van der Waals surface area (Å²) in [5, 5.41) is 8.01. The quantitative estimate of drug-likeness (QED) is 0.930. The van der Waals surface area contributed by atoms with Gasteiger partial charge in [0.1, 0.15) is 5.82 Å². The maximum Gasteiger partial charge on any atom is 0.123 e. The van der Waals surface area contributed by atoms with Crippen molar-refractivity contribution in [3.05, 3.63) is 53.1 Å². The number of benzene rings is 1. The van der Waals surface area contributed by atoms with Crippen LogP contribution in [0.4, 0.5) is 4.39 Å². The van der Waals surface area contributed by atoms with Gasteiger partial charge in [0, 0.05) is 36.8 Å². The SMILES string of the molecule is C[C@@H](NCc1cn(C)nc1C(C)(C)C)c1cccc(F)c1. The second kappa shape index (κ2) is 5.98. The van der Waals surface area contributed by atoms with E-state index in [1.165, 1.54) is 11.6 Å². The Hall–Kier alpha value is -1.68. The molecule has 3 nitrogen and oxygen atoms in total. The number of hydrogen-bond donors (Lipinski definition) is 1. The van der Waals surface area contributed by atoms with Gasteiger partial charge in [0.2, 0.25) is 0 Å². The molecule has 0 saturated carbocycles. The first-order valence-electron chi connectivity index (χ1n) is 7.29. The largest absolute Gasteiger partial charge is 0.306 e. The molecule has 0 amide bonds. The first-order valence-corrected chi connectivity index (χ1v) is 7.29. The van der Waals surface area contributed by atoms with Crippen LogP contribution in [-0.4, -0.2) is 9.78 Å². The fourth-order valence-electron chi connectivity index (χ4n) is 2.46. The summed E-state index contributed by atoms with van der Waals surface area (Å²) in [5.74, 6) is -0.196. The van der Waals surface area contributed by atoms with Crippen LogP contribution < -0.4 is 5.32 Å². The van der Waals surface area contributed by atoms with Gasteiger partial charge < -0.3 is 5.32 Å². The van der Waals surface area contributed by atoms with Gasteiger partial charge in [-0.15, -0.1) is 0 Å². The summed E-state index contributed by atoms with van der Waals surface area (Å²) in [5.41, 5.74) is 3.26. The number of nitrogens with zero attached hydrogens (tertiary/aromatic N) is 2. The Morgan fingerprint density at radius 3 is 2.67 bits per heavy atom. The van der Waals surface area contributed by atoms with Gasteiger partial charge in [-0.1, -0.05) is 32.9 Å². The van der Waals surface area contributed by atoms with Gasteiger partial charge in [-0.3, -0.25) is 4.68 Å². The van der Waals surface area contributed by atoms with Crippen LogP contribution in [0.25, 0.3) is 0 Å². The number of aromatic nitrogens is 2. The lowest BCUT2D eigenvalue weighted by Gasteiger charge is -2.19. The maximum atomic E-state index is 13.3. The molecule has 0 aliphatic carbocycles. The van der Waals surface area contributed by atoms with Crippen molar-refractivity contribution in [2.24, 2.45) is 7.05 Å². The molecule has 0 bridgehead atoms. The smallest absolute Gasteiger partial charge is 0.123 e. The van der Waals surface area contributed by atoms with E-state index in [0.29, 0.717) is 0 Å². The molecule has 2 rings (SSSR count). The fourth-order valence-corrected chi connectivity index (χ4v) is 2.46. The van der Waals surface area contributed by atoms with Crippen LogP contribution in [0.5, 0.6) is 0 Å². The van der Waals surface area contributed by atoms with Crippen molar-refractivity contribution in [1.29, 1.82) is 0 Å². The molecule has 0 spiro atoms. The zero-order valence-electron chi connectivity index (χ0n) is 13.4. The molecular weight excluding hydrogens is 265 g/mol. The molecule has 2 aromatic rings. The van der Waals surface area contributed by atoms with Crippen LogP contribution in [0.1, 0.15) is 50.6 Å². The molecule has 0 aliphatic heterocycles. The highest BCUT2D eigenvalue weighted by Crippen LogP contribution is 2.24.